The first-order chi connectivity index (χ1) is 15.6. The maximum atomic E-state index is 12.5. The van der Waals surface area contributed by atoms with E-state index in [0.717, 1.165) is 61.3 Å². The molecule has 0 spiro atoms. The highest BCUT2D eigenvalue weighted by molar-refractivity contribution is 5.94. The van der Waals surface area contributed by atoms with Gasteiger partial charge in [0, 0.05) is 50.6 Å². The Kier molecular flexibility index (Phi) is 6.65. The van der Waals surface area contributed by atoms with E-state index in [2.05, 4.69) is 30.0 Å². The highest BCUT2D eigenvalue weighted by Crippen LogP contribution is 2.26. The normalized spacial score (nSPS) is 14.8. The molecular weight excluding hydrogens is 408 g/mol. The summed E-state index contributed by atoms with van der Waals surface area (Å²) < 4.78 is 13.0. The Bertz CT molecular complexity index is 1070. The van der Waals surface area contributed by atoms with Crippen LogP contribution >= 0.6 is 0 Å². The van der Waals surface area contributed by atoms with E-state index in [1.807, 2.05) is 25.1 Å². The number of amides is 1. The molecule has 0 aliphatic carbocycles. The van der Waals surface area contributed by atoms with Crippen molar-refractivity contribution in [1.82, 2.24) is 30.0 Å². The number of aromatic nitrogens is 4. The Labute approximate surface area is 187 Å². The van der Waals surface area contributed by atoms with Gasteiger partial charge in [-0.1, -0.05) is 0 Å². The number of fused-ring (bicyclic) bond motifs is 1. The summed E-state index contributed by atoms with van der Waals surface area (Å²) in [6, 6.07) is 9.07. The molecule has 1 aliphatic heterocycles. The molecule has 1 amide bonds. The summed E-state index contributed by atoms with van der Waals surface area (Å²) in [4.78, 5) is 18.9. The van der Waals surface area contributed by atoms with Crippen LogP contribution in [-0.4, -0.2) is 57.9 Å². The highest BCUT2D eigenvalue weighted by Gasteiger charge is 2.23. The molecule has 0 radical (unpaired) electrons. The summed E-state index contributed by atoms with van der Waals surface area (Å²) in [6.07, 6.45) is 3.98. The maximum Gasteiger partial charge on any atom is 0.253 e. The first-order valence-corrected chi connectivity index (χ1v) is 10.6. The lowest BCUT2D eigenvalue weighted by molar-refractivity contribution is 0.0937. The molecule has 3 aromatic rings. The zero-order valence-corrected chi connectivity index (χ0v) is 18.6. The quantitative estimate of drug-likeness (QED) is 0.607. The molecule has 32 heavy (non-hydrogen) atoms. The van der Waals surface area contributed by atoms with E-state index in [9.17, 15) is 4.79 Å². The summed E-state index contributed by atoms with van der Waals surface area (Å²) >= 11 is 0. The second kappa shape index (κ2) is 9.78. The molecule has 0 fully saturated rings. The predicted molar refractivity (Wildman–Crippen MR) is 119 cm³/mol. The average Bonchev–Trinajstić information content (AvgIpc) is 3.14. The van der Waals surface area contributed by atoms with Crippen molar-refractivity contribution in [2.24, 2.45) is 0 Å². The minimum atomic E-state index is -0.269. The molecule has 168 valence electrons. The van der Waals surface area contributed by atoms with Crippen LogP contribution in [0.15, 0.2) is 42.7 Å². The van der Waals surface area contributed by atoms with Crippen molar-refractivity contribution in [3.63, 3.8) is 0 Å². The van der Waals surface area contributed by atoms with Gasteiger partial charge < -0.3 is 19.4 Å². The molecule has 0 unspecified atom stereocenters. The van der Waals surface area contributed by atoms with E-state index in [0.29, 0.717) is 5.56 Å². The Hall–Kier alpha value is -3.46. The van der Waals surface area contributed by atoms with Gasteiger partial charge in [0.05, 0.1) is 25.8 Å². The number of carbonyl (C=O) groups excluding carboxylic acids is 1. The lowest BCUT2D eigenvalue weighted by Crippen LogP contribution is -2.30. The van der Waals surface area contributed by atoms with Gasteiger partial charge in [0.15, 0.2) is 5.82 Å². The lowest BCUT2D eigenvalue weighted by atomic mass is 10.1. The molecule has 9 heteroatoms. The Morgan fingerprint density at radius 3 is 2.78 bits per heavy atom. The Morgan fingerprint density at radius 1 is 1.16 bits per heavy atom. The van der Waals surface area contributed by atoms with Crippen LogP contribution in [0.2, 0.25) is 0 Å². The van der Waals surface area contributed by atoms with Gasteiger partial charge in [-0.2, -0.15) is 0 Å². The molecule has 0 saturated carbocycles. The molecule has 0 bridgehead atoms. The van der Waals surface area contributed by atoms with Crippen molar-refractivity contribution in [3.8, 4) is 11.5 Å². The van der Waals surface area contributed by atoms with E-state index < -0.39 is 0 Å². The fourth-order valence-electron chi connectivity index (χ4n) is 3.96. The van der Waals surface area contributed by atoms with Gasteiger partial charge >= 0.3 is 0 Å². The molecule has 1 atom stereocenters. The predicted octanol–water partition coefficient (Wildman–Crippen LogP) is 2.24. The van der Waals surface area contributed by atoms with E-state index in [4.69, 9.17) is 9.47 Å². The molecular formula is C23H28N6O3. The number of hydrogen-bond acceptors (Lipinski definition) is 7. The number of carbonyl (C=O) groups is 1. The lowest BCUT2D eigenvalue weighted by Gasteiger charge is -2.21. The van der Waals surface area contributed by atoms with Gasteiger partial charge in [-0.15, -0.1) is 10.2 Å². The first kappa shape index (κ1) is 21.8. The summed E-state index contributed by atoms with van der Waals surface area (Å²) in [7, 11) is 3.35. The van der Waals surface area contributed by atoms with E-state index in [-0.39, 0.29) is 11.9 Å². The van der Waals surface area contributed by atoms with Crippen LogP contribution in [-0.2, 0) is 19.5 Å². The summed E-state index contributed by atoms with van der Waals surface area (Å²) in [5.41, 5.74) is 1.61. The zero-order valence-electron chi connectivity index (χ0n) is 18.6. The van der Waals surface area contributed by atoms with Crippen molar-refractivity contribution in [2.75, 3.05) is 27.3 Å². The molecule has 1 aromatic carbocycles. The van der Waals surface area contributed by atoms with E-state index >= 15 is 0 Å². The van der Waals surface area contributed by atoms with Crippen molar-refractivity contribution < 1.29 is 14.3 Å². The molecule has 1 N–H and O–H groups in total. The fourth-order valence-corrected chi connectivity index (χ4v) is 3.96. The molecule has 3 heterocycles. The van der Waals surface area contributed by atoms with Crippen LogP contribution in [0.5, 0.6) is 11.5 Å². The second-order valence-electron chi connectivity index (χ2n) is 7.77. The number of hydrogen-bond donors (Lipinski definition) is 1. The molecule has 2 aromatic heterocycles. The number of pyridine rings is 1. The maximum absolute atomic E-state index is 12.5. The number of nitrogens with zero attached hydrogens (tertiary/aromatic N) is 5. The third-order valence-corrected chi connectivity index (χ3v) is 5.69. The van der Waals surface area contributed by atoms with Crippen molar-refractivity contribution in [2.45, 2.75) is 32.5 Å². The summed E-state index contributed by atoms with van der Waals surface area (Å²) in [5, 5.41) is 11.8. The van der Waals surface area contributed by atoms with Gasteiger partial charge in [-0.25, -0.2) is 0 Å². The van der Waals surface area contributed by atoms with E-state index in [1.165, 1.54) is 0 Å². The largest absolute Gasteiger partial charge is 0.497 e. The van der Waals surface area contributed by atoms with Crippen molar-refractivity contribution in [3.05, 3.63) is 65.5 Å². The topological polar surface area (TPSA) is 94.4 Å². The van der Waals surface area contributed by atoms with E-state index in [1.54, 1.807) is 38.7 Å². The number of methoxy groups -OCH3 is 2. The van der Waals surface area contributed by atoms with Crippen LogP contribution in [0.1, 0.15) is 40.5 Å². The summed E-state index contributed by atoms with van der Waals surface area (Å²) in [6.45, 7) is 5.12. The zero-order chi connectivity index (χ0) is 22.5. The molecule has 9 nitrogen and oxygen atoms in total. The third-order valence-electron chi connectivity index (χ3n) is 5.69. The molecule has 4 rings (SSSR count). The Morgan fingerprint density at radius 2 is 2.03 bits per heavy atom. The second-order valence-corrected chi connectivity index (χ2v) is 7.77. The van der Waals surface area contributed by atoms with Gasteiger partial charge in [-0.05, 0) is 37.3 Å². The minimum Gasteiger partial charge on any atom is -0.497 e. The van der Waals surface area contributed by atoms with Crippen LogP contribution in [0.25, 0.3) is 0 Å². The monoisotopic (exact) mass is 436 g/mol. The van der Waals surface area contributed by atoms with Gasteiger partial charge in [0.2, 0.25) is 0 Å². The standard InChI is InChI=1S/C23H28N6O3/c1-16(25-23(30)17-5-4-9-24-14-17)22-27-26-21-8-10-28(11-12-29(21)22)15-18-13-19(31-2)6-7-20(18)32-3/h4-7,9,13-14,16H,8,10-12,15H2,1-3H3,(H,25,30)/t16-/m1/s1. The molecule has 1 aliphatic rings. The Balaban J connectivity index is 1.44. The average molecular weight is 437 g/mol. The van der Waals surface area contributed by atoms with Crippen molar-refractivity contribution in [1.29, 1.82) is 0 Å². The number of nitrogens with one attached hydrogen (secondary N) is 1. The minimum absolute atomic E-state index is 0.177. The van der Waals surface area contributed by atoms with Crippen molar-refractivity contribution >= 4 is 5.91 Å². The van der Waals surface area contributed by atoms with Crippen LogP contribution < -0.4 is 14.8 Å². The van der Waals surface area contributed by atoms with Gasteiger partial charge in [0.1, 0.15) is 17.3 Å². The number of rotatable bonds is 7. The fraction of sp³-hybridized carbons (Fsp3) is 0.391. The first-order valence-electron chi connectivity index (χ1n) is 10.6. The number of benzene rings is 1. The highest BCUT2D eigenvalue weighted by atomic mass is 16.5. The molecule has 0 saturated heterocycles. The van der Waals surface area contributed by atoms with Crippen LogP contribution in [0.4, 0.5) is 0 Å². The van der Waals surface area contributed by atoms with Gasteiger partial charge in [-0.3, -0.25) is 14.7 Å². The number of ether oxygens (including phenoxy) is 2. The SMILES string of the molecule is COc1ccc(OC)c(CN2CCc3nnc([C@@H](C)NC(=O)c4cccnc4)n3CC2)c1. The van der Waals surface area contributed by atoms with Crippen LogP contribution in [0, 0.1) is 0 Å². The smallest absolute Gasteiger partial charge is 0.253 e. The third kappa shape index (κ3) is 4.72. The van der Waals surface area contributed by atoms with Crippen LogP contribution in [0.3, 0.4) is 0 Å². The van der Waals surface area contributed by atoms with Gasteiger partial charge in [0.25, 0.3) is 5.91 Å². The summed E-state index contributed by atoms with van der Waals surface area (Å²) in [5.74, 6) is 3.18.